The fraction of sp³-hybridized carbons (Fsp3) is 0.143. The Morgan fingerprint density at radius 3 is 2.63 bits per heavy atom. The molecule has 0 N–H and O–H groups in total. The van der Waals surface area contributed by atoms with Crippen molar-refractivity contribution in [3.8, 4) is 22.9 Å². The minimum Gasteiger partial charge on any atom is -0.476 e. The summed E-state index contributed by atoms with van der Waals surface area (Å²) in [6, 6.07) is 16.6. The molecule has 0 aliphatic carbocycles. The van der Waals surface area contributed by atoms with Crippen LogP contribution in [-0.4, -0.2) is 27.6 Å². The Morgan fingerprint density at radius 2 is 1.83 bits per heavy atom. The molecule has 2 heterocycles. The van der Waals surface area contributed by atoms with Crippen molar-refractivity contribution in [2.75, 3.05) is 6.61 Å². The second kappa shape index (κ2) is 8.23. The summed E-state index contributed by atoms with van der Waals surface area (Å²) in [7, 11) is 0. The lowest BCUT2D eigenvalue weighted by Gasteiger charge is -2.10. The molecule has 0 bridgehead atoms. The predicted molar refractivity (Wildman–Crippen MR) is 106 cm³/mol. The zero-order valence-corrected chi connectivity index (χ0v) is 16.2. The number of hydrogen-bond acceptors (Lipinski definition) is 4. The molecule has 0 spiro atoms. The van der Waals surface area contributed by atoms with Gasteiger partial charge in [0.2, 0.25) is 5.88 Å². The van der Waals surface area contributed by atoms with E-state index in [1.165, 1.54) is 28.9 Å². The molecular formula is C21H15ClF3N3O2. The minimum absolute atomic E-state index is 0.316. The van der Waals surface area contributed by atoms with Crippen LogP contribution in [0.5, 0.6) is 11.6 Å². The summed E-state index contributed by atoms with van der Waals surface area (Å²) in [5, 5.41) is 5.07. The highest BCUT2D eigenvalue weighted by Gasteiger charge is 2.31. The van der Waals surface area contributed by atoms with Gasteiger partial charge in [0.05, 0.1) is 18.5 Å². The number of imidazole rings is 1. The number of nitrogens with zero attached hydrogens (tertiary/aromatic N) is 3. The Hall–Kier alpha value is -3.26. The van der Waals surface area contributed by atoms with Gasteiger partial charge >= 0.3 is 6.36 Å². The molecule has 154 valence electrons. The van der Waals surface area contributed by atoms with Gasteiger partial charge in [-0.05, 0) is 35.9 Å². The maximum Gasteiger partial charge on any atom is 0.573 e. The molecule has 0 atom stereocenters. The number of ether oxygens (including phenoxy) is 2. The minimum atomic E-state index is -4.76. The van der Waals surface area contributed by atoms with Crippen LogP contribution in [0.2, 0.25) is 5.02 Å². The second-order valence-electron chi connectivity index (χ2n) is 6.39. The van der Waals surface area contributed by atoms with E-state index < -0.39 is 6.36 Å². The Labute approximate surface area is 174 Å². The van der Waals surface area contributed by atoms with E-state index in [9.17, 15) is 13.2 Å². The van der Waals surface area contributed by atoms with Crippen LogP contribution < -0.4 is 9.47 Å². The van der Waals surface area contributed by atoms with Crippen LogP contribution in [0.3, 0.4) is 0 Å². The summed E-state index contributed by atoms with van der Waals surface area (Å²) in [4.78, 5) is 4.25. The molecule has 2 aromatic heterocycles. The zero-order valence-electron chi connectivity index (χ0n) is 15.4. The SMILES string of the molecule is FC(F)(F)Oc1cccc(-c2cnc3ccc(OCCc4cccc(Cl)c4)nn23)c1. The zero-order chi connectivity index (χ0) is 21.1. The van der Waals surface area contributed by atoms with E-state index in [0.717, 1.165) is 5.56 Å². The van der Waals surface area contributed by atoms with E-state index in [4.69, 9.17) is 16.3 Å². The van der Waals surface area contributed by atoms with Crippen LogP contribution in [0.4, 0.5) is 13.2 Å². The summed E-state index contributed by atoms with van der Waals surface area (Å²) < 4.78 is 48.8. The first kappa shape index (κ1) is 20.0. The first-order valence-corrected chi connectivity index (χ1v) is 9.33. The van der Waals surface area contributed by atoms with Crippen molar-refractivity contribution in [3.63, 3.8) is 0 Å². The van der Waals surface area contributed by atoms with Crippen LogP contribution in [-0.2, 0) is 6.42 Å². The van der Waals surface area contributed by atoms with Gasteiger partial charge < -0.3 is 9.47 Å². The van der Waals surface area contributed by atoms with Gasteiger partial charge in [0.25, 0.3) is 0 Å². The predicted octanol–water partition coefficient (Wildman–Crippen LogP) is 5.57. The third-order valence-electron chi connectivity index (χ3n) is 4.23. The Kier molecular flexibility index (Phi) is 5.50. The third kappa shape index (κ3) is 4.83. The van der Waals surface area contributed by atoms with Crippen LogP contribution >= 0.6 is 11.6 Å². The van der Waals surface area contributed by atoms with Crippen molar-refractivity contribution in [3.05, 3.63) is 77.4 Å². The third-order valence-corrected chi connectivity index (χ3v) is 4.47. The largest absolute Gasteiger partial charge is 0.573 e. The standard InChI is InChI=1S/C21H15ClF3N3O2/c22-16-5-1-3-14(11-16)9-10-29-20-8-7-19-26-13-18(28(19)27-20)15-4-2-6-17(12-15)30-21(23,24)25/h1-8,11-13H,9-10H2. The quantitative estimate of drug-likeness (QED) is 0.399. The highest BCUT2D eigenvalue weighted by Crippen LogP contribution is 2.28. The van der Waals surface area contributed by atoms with Crippen molar-refractivity contribution >= 4 is 17.2 Å². The summed E-state index contributed by atoms with van der Waals surface area (Å²) in [5.74, 6) is 0.0513. The molecule has 4 rings (SSSR count). The Bertz CT molecular complexity index is 1180. The van der Waals surface area contributed by atoms with Gasteiger partial charge in [-0.25, -0.2) is 9.50 Å². The van der Waals surface area contributed by atoms with Crippen molar-refractivity contribution < 1.29 is 22.6 Å². The number of aromatic nitrogens is 3. The van der Waals surface area contributed by atoms with Crippen LogP contribution in [0.25, 0.3) is 16.9 Å². The van der Waals surface area contributed by atoms with E-state index in [-0.39, 0.29) is 5.75 Å². The van der Waals surface area contributed by atoms with E-state index in [1.54, 1.807) is 24.3 Å². The van der Waals surface area contributed by atoms with Gasteiger partial charge in [0.1, 0.15) is 5.75 Å². The molecule has 9 heteroatoms. The number of benzene rings is 2. The average molecular weight is 434 g/mol. The number of alkyl halides is 3. The Balaban J connectivity index is 1.54. The molecule has 0 radical (unpaired) electrons. The fourth-order valence-corrected chi connectivity index (χ4v) is 3.16. The van der Waals surface area contributed by atoms with Crippen molar-refractivity contribution in [2.24, 2.45) is 0 Å². The Morgan fingerprint density at radius 1 is 1.00 bits per heavy atom. The van der Waals surface area contributed by atoms with E-state index >= 15 is 0 Å². The average Bonchev–Trinajstić information content (AvgIpc) is 3.10. The monoisotopic (exact) mass is 433 g/mol. The van der Waals surface area contributed by atoms with Gasteiger partial charge in [-0.3, -0.25) is 0 Å². The van der Waals surface area contributed by atoms with Gasteiger partial charge in [0, 0.05) is 23.1 Å². The normalized spacial score (nSPS) is 11.6. The molecule has 4 aromatic rings. The maximum absolute atomic E-state index is 12.5. The van der Waals surface area contributed by atoms with Crippen molar-refractivity contribution in [1.82, 2.24) is 14.6 Å². The smallest absolute Gasteiger partial charge is 0.476 e. The first-order valence-electron chi connectivity index (χ1n) is 8.96. The summed E-state index contributed by atoms with van der Waals surface area (Å²) in [5.41, 5.74) is 2.56. The van der Waals surface area contributed by atoms with Crippen molar-refractivity contribution in [1.29, 1.82) is 0 Å². The van der Waals surface area contributed by atoms with Gasteiger partial charge in [-0.1, -0.05) is 35.9 Å². The van der Waals surface area contributed by atoms with E-state index in [1.807, 2.05) is 18.2 Å². The lowest BCUT2D eigenvalue weighted by atomic mass is 10.1. The molecular weight excluding hydrogens is 419 g/mol. The molecule has 0 unspecified atom stereocenters. The highest BCUT2D eigenvalue weighted by molar-refractivity contribution is 6.30. The highest BCUT2D eigenvalue weighted by atomic mass is 35.5. The van der Waals surface area contributed by atoms with Gasteiger partial charge in [0.15, 0.2) is 5.65 Å². The topological polar surface area (TPSA) is 48.7 Å². The molecule has 5 nitrogen and oxygen atoms in total. The number of halogens is 4. The lowest BCUT2D eigenvalue weighted by molar-refractivity contribution is -0.274. The van der Waals surface area contributed by atoms with Gasteiger partial charge in [-0.15, -0.1) is 18.3 Å². The molecule has 0 fully saturated rings. The lowest BCUT2D eigenvalue weighted by Crippen LogP contribution is -2.17. The molecule has 0 saturated heterocycles. The van der Waals surface area contributed by atoms with E-state index in [0.29, 0.717) is 40.8 Å². The van der Waals surface area contributed by atoms with Crippen LogP contribution in [0.15, 0.2) is 66.9 Å². The van der Waals surface area contributed by atoms with Crippen LogP contribution in [0, 0.1) is 0 Å². The van der Waals surface area contributed by atoms with Gasteiger partial charge in [-0.2, -0.15) is 0 Å². The maximum atomic E-state index is 12.5. The number of fused-ring (bicyclic) bond motifs is 1. The number of rotatable bonds is 6. The molecule has 0 aliphatic heterocycles. The molecule has 0 aliphatic rings. The van der Waals surface area contributed by atoms with E-state index in [2.05, 4.69) is 14.8 Å². The van der Waals surface area contributed by atoms with Crippen LogP contribution in [0.1, 0.15) is 5.56 Å². The summed E-state index contributed by atoms with van der Waals surface area (Å²) in [6.45, 7) is 0.387. The second-order valence-corrected chi connectivity index (χ2v) is 6.83. The number of hydrogen-bond donors (Lipinski definition) is 0. The molecule has 0 saturated carbocycles. The first-order chi connectivity index (χ1) is 14.4. The molecule has 2 aromatic carbocycles. The molecule has 30 heavy (non-hydrogen) atoms. The fourth-order valence-electron chi connectivity index (χ4n) is 2.95. The summed E-state index contributed by atoms with van der Waals surface area (Å²) in [6.07, 6.45) is -2.58. The molecule has 0 amide bonds. The summed E-state index contributed by atoms with van der Waals surface area (Å²) >= 11 is 5.98. The van der Waals surface area contributed by atoms with Crippen molar-refractivity contribution in [2.45, 2.75) is 12.8 Å².